The van der Waals surface area contributed by atoms with Gasteiger partial charge in [0.25, 0.3) is 0 Å². The molecule has 0 radical (unpaired) electrons. The summed E-state index contributed by atoms with van der Waals surface area (Å²) in [6, 6.07) is 5.46. The monoisotopic (exact) mass is 332 g/mol. The van der Waals surface area contributed by atoms with Gasteiger partial charge in [0.15, 0.2) is 0 Å². The topological polar surface area (TPSA) is 59.6 Å². The van der Waals surface area contributed by atoms with E-state index in [1.807, 2.05) is 13.8 Å². The first-order chi connectivity index (χ1) is 10.1. The fourth-order valence-corrected chi connectivity index (χ4v) is 2.17. The Kier molecular flexibility index (Phi) is 7.58. The van der Waals surface area contributed by atoms with Crippen LogP contribution in [0.1, 0.15) is 13.8 Å². The molecule has 1 fully saturated rings. The van der Waals surface area contributed by atoms with Gasteiger partial charge in [0.1, 0.15) is 23.7 Å². The van der Waals surface area contributed by atoms with Gasteiger partial charge in [0.05, 0.1) is 19.3 Å². The third-order valence-corrected chi connectivity index (χ3v) is 3.31. The van der Waals surface area contributed by atoms with Gasteiger partial charge in [-0.3, -0.25) is 4.79 Å². The minimum absolute atomic E-state index is 0. The van der Waals surface area contributed by atoms with Gasteiger partial charge in [-0.25, -0.2) is 4.39 Å². The summed E-state index contributed by atoms with van der Waals surface area (Å²) in [4.78, 5) is 12.1. The van der Waals surface area contributed by atoms with Crippen LogP contribution in [-0.4, -0.2) is 43.9 Å². The Labute approximate surface area is 136 Å². The average molecular weight is 333 g/mol. The summed E-state index contributed by atoms with van der Waals surface area (Å²) in [5.41, 5.74) is 0. The first-order valence-corrected chi connectivity index (χ1v) is 7.11. The fraction of sp³-hybridized carbons (Fsp3) is 0.533. The molecular formula is C15H22ClFN2O3. The molecule has 1 amide bonds. The van der Waals surface area contributed by atoms with Gasteiger partial charge < -0.3 is 20.1 Å². The molecule has 0 bridgehead atoms. The van der Waals surface area contributed by atoms with Crippen LogP contribution in [0, 0.1) is 5.82 Å². The van der Waals surface area contributed by atoms with Crippen molar-refractivity contribution >= 4 is 18.3 Å². The van der Waals surface area contributed by atoms with E-state index < -0.39 is 0 Å². The van der Waals surface area contributed by atoms with E-state index in [0.717, 1.165) is 0 Å². The first kappa shape index (κ1) is 18.7. The lowest BCUT2D eigenvalue weighted by molar-refractivity contribution is -0.129. The number of halogens is 2. The van der Waals surface area contributed by atoms with Crippen molar-refractivity contribution in [2.45, 2.75) is 32.1 Å². The minimum atomic E-state index is -0.336. The first-order valence-electron chi connectivity index (χ1n) is 7.11. The average Bonchev–Trinajstić information content (AvgIpc) is 2.48. The zero-order chi connectivity index (χ0) is 15.2. The summed E-state index contributed by atoms with van der Waals surface area (Å²) in [5, 5.41) is 5.96. The van der Waals surface area contributed by atoms with Gasteiger partial charge in [0, 0.05) is 6.54 Å². The van der Waals surface area contributed by atoms with E-state index in [1.54, 1.807) is 12.1 Å². The van der Waals surface area contributed by atoms with Crippen LogP contribution >= 0.6 is 12.4 Å². The molecule has 1 aromatic carbocycles. The summed E-state index contributed by atoms with van der Waals surface area (Å²) < 4.78 is 23.8. The van der Waals surface area contributed by atoms with Crippen LogP contribution in [0.25, 0.3) is 0 Å². The number of amides is 1. The van der Waals surface area contributed by atoms with Crippen molar-refractivity contribution in [2.75, 3.05) is 19.7 Å². The lowest BCUT2D eigenvalue weighted by Crippen LogP contribution is -2.56. The predicted molar refractivity (Wildman–Crippen MR) is 84.0 cm³/mol. The summed E-state index contributed by atoms with van der Waals surface area (Å²) in [6.07, 6.45) is -0.355. The molecule has 1 aliphatic heterocycles. The van der Waals surface area contributed by atoms with Crippen molar-refractivity contribution in [1.82, 2.24) is 10.6 Å². The van der Waals surface area contributed by atoms with Crippen molar-refractivity contribution in [3.05, 3.63) is 30.1 Å². The largest absolute Gasteiger partial charge is 0.489 e. The molecule has 2 N–H and O–H groups in total. The Balaban J connectivity index is 0.00000242. The Bertz CT molecular complexity index is 472. The molecule has 22 heavy (non-hydrogen) atoms. The fourth-order valence-electron chi connectivity index (χ4n) is 2.17. The Morgan fingerprint density at radius 3 is 2.82 bits per heavy atom. The second-order valence-corrected chi connectivity index (χ2v) is 5.14. The number of nitrogens with one attached hydrogen (secondary N) is 2. The highest BCUT2D eigenvalue weighted by molar-refractivity contribution is 5.85. The van der Waals surface area contributed by atoms with E-state index in [4.69, 9.17) is 9.47 Å². The number of hydrogen-bond acceptors (Lipinski definition) is 4. The third-order valence-electron chi connectivity index (χ3n) is 3.31. The van der Waals surface area contributed by atoms with Crippen molar-refractivity contribution < 1.29 is 18.7 Å². The molecule has 2 rings (SSSR count). The highest BCUT2D eigenvalue weighted by atomic mass is 35.5. The third kappa shape index (κ3) is 5.44. The molecule has 0 aliphatic carbocycles. The molecule has 1 aromatic rings. The van der Waals surface area contributed by atoms with Gasteiger partial charge in [0.2, 0.25) is 5.91 Å². The van der Waals surface area contributed by atoms with E-state index in [2.05, 4.69) is 10.6 Å². The van der Waals surface area contributed by atoms with Crippen molar-refractivity contribution in [2.24, 2.45) is 0 Å². The molecule has 1 aliphatic rings. The molecule has 1 saturated heterocycles. The van der Waals surface area contributed by atoms with Crippen molar-refractivity contribution in [3.63, 3.8) is 0 Å². The zero-order valence-electron chi connectivity index (χ0n) is 12.7. The van der Waals surface area contributed by atoms with E-state index in [0.29, 0.717) is 25.4 Å². The number of ether oxygens (including phenoxy) is 2. The number of hydrogen-bond donors (Lipinski definition) is 2. The van der Waals surface area contributed by atoms with Gasteiger partial charge in [-0.1, -0.05) is 0 Å². The maximum atomic E-state index is 12.8. The van der Waals surface area contributed by atoms with Crippen LogP contribution in [0.5, 0.6) is 5.75 Å². The van der Waals surface area contributed by atoms with Crippen LogP contribution in [0.3, 0.4) is 0 Å². The van der Waals surface area contributed by atoms with Gasteiger partial charge in [-0.2, -0.15) is 0 Å². The number of carbonyl (C=O) groups excluding carboxylic acids is 1. The molecule has 1 heterocycles. The highest BCUT2D eigenvalue weighted by Gasteiger charge is 2.28. The van der Waals surface area contributed by atoms with E-state index in [1.165, 1.54) is 12.1 Å². The number of carbonyl (C=O) groups is 1. The van der Waals surface area contributed by atoms with Crippen LogP contribution in [0.4, 0.5) is 4.39 Å². The molecule has 0 spiro atoms. The molecule has 7 heteroatoms. The van der Waals surface area contributed by atoms with Gasteiger partial charge in [-0.05, 0) is 38.1 Å². The lowest BCUT2D eigenvalue weighted by Gasteiger charge is -2.29. The lowest BCUT2D eigenvalue weighted by atomic mass is 10.1. The number of benzene rings is 1. The molecule has 3 atom stereocenters. The number of rotatable bonds is 5. The summed E-state index contributed by atoms with van der Waals surface area (Å²) in [5.74, 6) is 0.170. The van der Waals surface area contributed by atoms with Gasteiger partial charge >= 0.3 is 0 Å². The number of morpholine rings is 1. The molecule has 1 unspecified atom stereocenters. The maximum absolute atomic E-state index is 12.8. The summed E-state index contributed by atoms with van der Waals surface area (Å²) in [7, 11) is 0. The van der Waals surface area contributed by atoms with Crippen LogP contribution < -0.4 is 15.4 Å². The van der Waals surface area contributed by atoms with Crippen LogP contribution in [-0.2, 0) is 9.53 Å². The van der Waals surface area contributed by atoms with E-state index >= 15 is 0 Å². The molecule has 5 nitrogen and oxygen atoms in total. The van der Waals surface area contributed by atoms with Crippen molar-refractivity contribution in [3.8, 4) is 5.75 Å². The Morgan fingerprint density at radius 1 is 1.50 bits per heavy atom. The van der Waals surface area contributed by atoms with E-state index in [-0.39, 0.29) is 42.4 Å². The zero-order valence-corrected chi connectivity index (χ0v) is 13.5. The highest BCUT2D eigenvalue weighted by Crippen LogP contribution is 2.12. The van der Waals surface area contributed by atoms with Gasteiger partial charge in [-0.15, -0.1) is 12.4 Å². The summed E-state index contributed by atoms with van der Waals surface area (Å²) >= 11 is 0. The summed E-state index contributed by atoms with van der Waals surface area (Å²) in [6.45, 7) is 5.38. The van der Waals surface area contributed by atoms with E-state index in [9.17, 15) is 9.18 Å². The second-order valence-electron chi connectivity index (χ2n) is 5.14. The smallest absolute Gasteiger partial charge is 0.239 e. The molecule has 0 saturated carbocycles. The SMILES string of the molecule is CC(CNC(=O)[C@H]1NCCO[C@@H]1C)Oc1ccc(F)cc1.Cl. The molecular weight excluding hydrogens is 311 g/mol. The van der Waals surface area contributed by atoms with Crippen LogP contribution in [0.2, 0.25) is 0 Å². The minimum Gasteiger partial charge on any atom is -0.489 e. The Hall–Kier alpha value is -1.37. The standard InChI is InChI=1S/C15H21FN2O3.ClH/c1-10(21-13-5-3-12(16)4-6-13)9-18-15(19)14-11(2)20-8-7-17-14;/h3-6,10-11,14,17H,7-9H2,1-2H3,(H,18,19);1H/t10?,11-,14+;/m1./s1. The normalized spacial score (nSPS) is 22.3. The second kappa shape index (κ2) is 8.92. The van der Waals surface area contributed by atoms with Crippen molar-refractivity contribution in [1.29, 1.82) is 0 Å². The Morgan fingerprint density at radius 2 is 2.18 bits per heavy atom. The molecule has 0 aromatic heterocycles. The van der Waals surface area contributed by atoms with Crippen LogP contribution in [0.15, 0.2) is 24.3 Å². The maximum Gasteiger partial charge on any atom is 0.239 e. The predicted octanol–water partition coefficient (Wildman–Crippen LogP) is 1.51. The quantitative estimate of drug-likeness (QED) is 0.858. The molecule has 124 valence electrons.